The molecule has 1 aliphatic rings. The largest absolute Gasteiger partial charge is 0.378 e. The van der Waals surface area contributed by atoms with Gasteiger partial charge in [-0.15, -0.1) is 11.3 Å². The van der Waals surface area contributed by atoms with E-state index in [1.54, 1.807) is 5.51 Å². The van der Waals surface area contributed by atoms with Crippen LogP contribution in [0.3, 0.4) is 0 Å². The van der Waals surface area contributed by atoms with Crippen LogP contribution in [0.5, 0.6) is 0 Å². The lowest BCUT2D eigenvalue weighted by Gasteiger charge is -2.29. The average molecular weight is 471 g/mol. The van der Waals surface area contributed by atoms with Gasteiger partial charge >= 0.3 is 0 Å². The normalized spacial score (nSPS) is 14.2. The molecular weight excluding hydrogens is 448 g/mol. The minimum atomic E-state index is -0.493. The fourth-order valence-corrected chi connectivity index (χ4v) is 5.13. The van der Waals surface area contributed by atoms with Gasteiger partial charge in [-0.3, -0.25) is 9.36 Å². The monoisotopic (exact) mass is 470 g/mol. The lowest BCUT2D eigenvalue weighted by Crippen LogP contribution is -2.36. The van der Waals surface area contributed by atoms with Gasteiger partial charge in [0.2, 0.25) is 0 Å². The molecule has 2 N–H and O–H groups in total. The van der Waals surface area contributed by atoms with Crippen LogP contribution in [0.15, 0.2) is 53.4 Å². The molecule has 5 aromatic rings. The number of thiazole rings is 1. The summed E-state index contributed by atoms with van der Waals surface area (Å²) >= 11 is 1.53. The highest BCUT2D eigenvalue weighted by molar-refractivity contribution is 7.07. The lowest BCUT2D eigenvalue weighted by atomic mass is 10.1. The number of aromatic nitrogens is 4. The number of benzene rings is 2. The molecule has 1 amide bonds. The Hall–Kier alpha value is -3.82. The van der Waals surface area contributed by atoms with Gasteiger partial charge in [0.1, 0.15) is 11.3 Å². The number of fused-ring (bicyclic) bond motifs is 2. The van der Waals surface area contributed by atoms with Crippen molar-refractivity contribution in [1.29, 1.82) is 0 Å². The molecule has 0 radical (unpaired) electrons. The van der Waals surface area contributed by atoms with Gasteiger partial charge in [0.25, 0.3) is 5.91 Å². The number of primary amides is 1. The molecule has 0 saturated carbocycles. The van der Waals surface area contributed by atoms with E-state index < -0.39 is 5.91 Å². The lowest BCUT2D eigenvalue weighted by molar-refractivity contribution is 0.100. The van der Waals surface area contributed by atoms with E-state index in [1.165, 1.54) is 11.3 Å². The summed E-state index contributed by atoms with van der Waals surface area (Å²) in [6.07, 6.45) is 0. The maximum atomic E-state index is 12.4. The summed E-state index contributed by atoms with van der Waals surface area (Å²) in [7, 11) is 0. The van der Waals surface area contributed by atoms with Crippen molar-refractivity contribution < 1.29 is 9.53 Å². The highest BCUT2D eigenvalue weighted by Gasteiger charge is 2.22. The van der Waals surface area contributed by atoms with E-state index in [0.717, 1.165) is 58.1 Å². The molecule has 9 heteroatoms. The van der Waals surface area contributed by atoms with Crippen LogP contribution in [0.4, 0.5) is 5.69 Å². The van der Waals surface area contributed by atoms with Crippen molar-refractivity contribution in [3.05, 3.63) is 64.7 Å². The molecule has 0 atom stereocenters. The van der Waals surface area contributed by atoms with Gasteiger partial charge in [-0.1, -0.05) is 18.2 Å². The first kappa shape index (κ1) is 20.8. The molecule has 34 heavy (non-hydrogen) atoms. The molecule has 0 aliphatic carbocycles. The molecular formula is C25H22N6O2S. The Balaban J connectivity index is 1.66. The summed E-state index contributed by atoms with van der Waals surface area (Å²) in [5, 5.41) is 2.97. The van der Waals surface area contributed by atoms with Gasteiger partial charge in [0.15, 0.2) is 0 Å². The molecule has 1 fully saturated rings. The third kappa shape index (κ3) is 3.41. The maximum absolute atomic E-state index is 12.4. The van der Waals surface area contributed by atoms with Crippen molar-refractivity contribution in [1.82, 2.24) is 19.5 Å². The van der Waals surface area contributed by atoms with E-state index in [4.69, 9.17) is 20.4 Å². The number of rotatable bonds is 4. The quantitative estimate of drug-likeness (QED) is 0.427. The van der Waals surface area contributed by atoms with E-state index in [-0.39, 0.29) is 0 Å². The summed E-state index contributed by atoms with van der Waals surface area (Å²) < 4.78 is 7.61. The van der Waals surface area contributed by atoms with Crippen LogP contribution in [0.1, 0.15) is 16.2 Å². The van der Waals surface area contributed by atoms with Gasteiger partial charge in [0.05, 0.1) is 52.4 Å². The fraction of sp³-hybridized carbons (Fsp3) is 0.200. The van der Waals surface area contributed by atoms with Crippen molar-refractivity contribution in [2.75, 3.05) is 31.2 Å². The number of hydrogen-bond acceptors (Lipinski definition) is 7. The van der Waals surface area contributed by atoms with Crippen LogP contribution in [-0.2, 0) is 4.74 Å². The van der Waals surface area contributed by atoms with Crippen LogP contribution in [0, 0.1) is 6.92 Å². The van der Waals surface area contributed by atoms with E-state index in [1.807, 2.05) is 42.6 Å². The zero-order valence-electron chi connectivity index (χ0n) is 18.6. The average Bonchev–Trinajstić information content (AvgIpc) is 3.51. The molecule has 0 unspecified atom stereocenters. The number of aryl methyl sites for hydroxylation is 1. The standard InChI is InChI=1S/C25H22N6O2S/c1-15-28-24-18(25(26)32)10-16(30-6-8-33-9-7-30)11-23(24)31(15)22-12-20(21-13-34-14-27-21)29-19-5-3-2-4-17(19)22/h2-5,10-14H,6-9H2,1H3,(H2,26,32). The highest BCUT2D eigenvalue weighted by Crippen LogP contribution is 2.34. The minimum Gasteiger partial charge on any atom is -0.378 e. The van der Waals surface area contributed by atoms with Gasteiger partial charge < -0.3 is 15.4 Å². The molecule has 4 heterocycles. The molecule has 170 valence electrons. The van der Waals surface area contributed by atoms with Crippen LogP contribution in [0.2, 0.25) is 0 Å². The first-order chi connectivity index (χ1) is 16.6. The smallest absolute Gasteiger partial charge is 0.251 e. The number of morpholine rings is 1. The summed E-state index contributed by atoms with van der Waals surface area (Å²) in [5.74, 6) is 0.268. The first-order valence-corrected chi connectivity index (χ1v) is 12.0. The first-order valence-electron chi connectivity index (χ1n) is 11.0. The maximum Gasteiger partial charge on any atom is 0.251 e. The number of para-hydroxylation sites is 1. The minimum absolute atomic E-state index is 0.416. The van der Waals surface area contributed by atoms with Crippen molar-refractivity contribution in [3.63, 3.8) is 0 Å². The predicted molar refractivity (Wildman–Crippen MR) is 134 cm³/mol. The Bertz CT molecular complexity index is 1540. The van der Waals surface area contributed by atoms with Crippen LogP contribution >= 0.6 is 11.3 Å². The Morgan fingerprint density at radius 3 is 2.68 bits per heavy atom. The Morgan fingerprint density at radius 1 is 1.09 bits per heavy atom. The summed E-state index contributed by atoms with van der Waals surface area (Å²) in [4.78, 5) is 28.8. The zero-order chi connectivity index (χ0) is 23.2. The number of anilines is 1. The van der Waals surface area contributed by atoms with Crippen LogP contribution in [0.25, 0.3) is 39.0 Å². The van der Waals surface area contributed by atoms with E-state index >= 15 is 0 Å². The molecule has 2 aromatic carbocycles. The number of pyridine rings is 1. The SMILES string of the molecule is Cc1nc2c(C(N)=O)cc(N3CCOCC3)cc2n1-c1cc(-c2cscn2)nc2ccccc12. The zero-order valence-corrected chi connectivity index (χ0v) is 19.4. The topological polar surface area (TPSA) is 99.2 Å². The number of hydrogen-bond donors (Lipinski definition) is 1. The highest BCUT2D eigenvalue weighted by atomic mass is 32.1. The van der Waals surface area contributed by atoms with E-state index in [0.29, 0.717) is 24.3 Å². The number of nitrogens with two attached hydrogens (primary N) is 1. The van der Waals surface area contributed by atoms with Crippen molar-refractivity contribution in [2.45, 2.75) is 6.92 Å². The number of carbonyl (C=O) groups excluding carboxylic acids is 1. The van der Waals surface area contributed by atoms with Crippen LogP contribution in [-0.4, -0.2) is 51.7 Å². The fourth-order valence-electron chi connectivity index (χ4n) is 4.59. The Kier molecular flexibility index (Phi) is 5.00. The molecule has 0 bridgehead atoms. The molecule has 6 rings (SSSR count). The second-order valence-corrected chi connectivity index (χ2v) is 8.96. The Morgan fingerprint density at radius 2 is 1.91 bits per heavy atom. The van der Waals surface area contributed by atoms with Gasteiger partial charge in [-0.25, -0.2) is 15.0 Å². The number of nitrogens with zero attached hydrogens (tertiary/aromatic N) is 5. The van der Waals surface area contributed by atoms with E-state index in [2.05, 4.69) is 26.6 Å². The van der Waals surface area contributed by atoms with Gasteiger partial charge in [0, 0.05) is 29.5 Å². The third-order valence-electron chi connectivity index (χ3n) is 6.18. The Labute approximate surface area is 199 Å². The van der Waals surface area contributed by atoms with Crippen molar-refractivity contribution in [2.24, 2.45) is 5.73 Å². The van der Waals surface area contributed by atoms with E-state index in [9.17, 15) is 4.79 Å². The summed E-state index contributed by atoms with van der Waals surface area (Å²) in [6.45, 7) is 4.74. The second-order valence-electron chi connectivity index (χ2n) is 8.24. The van der Waals surface area contributed by atoms with Crippen LogP contribution < -0.4 is 10.6 Å². The van der Waals surface area contributed by atoms with Gasteiger partial charge in [-0.05, 0) is 31.2 Å². The van der Waals surface area contributed by atoms with Crippen molar-refractivity contribution >= 4 is 44.9 Å². The number of carbonyl (C=O) groups is 1. The molecule has 1 aliphatic heterocycles. The molecule has 0 spiro atoms. The van der Waals surface area contributed by atoms with Gasteiger partial charge in [-0.2, -0.15) is 0 Å². The number of imidazole rings is 1. The second kappa shape index (κ2) is 8.19. The molecule has 8 nitrogen and oxygen atoms in total. The molecule has 3 aromatic heterocycles. The molecule has 1 saturated heterocycles. The number of amides is 1. The third-order valence-corrected chi connectivity index (χ3v) is 6.77. The summed E-state index contributed by atoms with van der Waals surface area (Å²) in [6, 6.07) is 14.0. The van der Waals surface area contributed by atoms with Crippen molar-refractivity contribution in [3.8, 4) is 17.1 Å². The number of ether oxygens (including phenoxy) is 1. The summed E-state index contributed by atoms with van der Waals surface area (Å²) in [5.41, 5.74) is 13.8. The predicted octanol–water partition coefficient (Wildman–Crippen LogP) is 3.94.